The van der Waals surface area contributed by atoms with Gasteiger partial charge >= 0.3 is 0 Å². The fraction of sp³-hybridized carbons (Fsp3) is 0.667. The second-order valence-electron chi connectivity index (χ2n) is 5.80. The Morgan fingerprint density at radius 2 is 2.28 bits per heavy atom. The van der Waals surface area contributed by atoms with Gasteiger partial charge in [0.05, 0.1) is 5.69 Å². The van der Waals surface area contributed by atoms with E-state index in [0.717, 1.165) is 19.5 Å². The van der Waals surface area contributed by atoms with Crippen LogP contribution in [0.1, 0.15) is 45.7 Å². The molecule has 1 aromatic heterocycles. The molecule has 1 aromatic rings. The zero-order valence-electron chi connectivity index (χ0n) is 11.9. The van der Waals surface area contributed by atoms with Crippen molar-refractivity contribution in [3.05, 3.63) is 24.0 Å². The van der Waals surface area contributed by atoms with Crippen LogP contribution in [0.25, 0.3) is 0 Å². The molecule has 0 atom stereocenters. The summed E-state index contributed by atoms with van der Waals surface area (Å²) in [5, 5.41) is 3.42. The van der Waals surface area contributed by atoms with Crippen molar-refractivity contribution in [3.8, 4) is 0 Å². The van der Waals surface area contributed by atoms with Crippen LogP contribution >= 0.6 is 0 Å². The van der Waals surface area contributed by atoms with Gasteiger partial charge in [0.2, 0.25) is 0 Å². The van der Waals surface area contributed by atoms with Crippen molar-refractivity contribution in [1.82, 2.24) is 9.88 Å². The number of nitrogens with zero attached hydrogens (tertiary/aromatic N) is 2. The molecule has 0 bridgehead atoms. The summed E-state index contributed by atoms with van der Waals surface area (Å²) >= 11 is 0. The molecule has 18 heavy (non-hydrogen) atoms. The maximum atomic E-state index is 4.49. The van der Waals surface area contributed by atoms with Crippen LogP contribution in [0.2, 0.25) is 0 Å². The van der Waals surface area contributed by atoms with E-state index in [4.69, 9.17) is 0 Å². The van der Waals surface area contributed by atoms with Crippen molar-refractivity contribution in [2.24, 2.45) is 0 Å². The Morgan fingerprint density at radius 1 is 1.44 bits per heavy atom. The molecular formula is C15H25N3. The topological polar surface area (TPSA) is 28.2 Å². The number of aromatic nitrogens is 1. The maximum Gasteiger partial charge on any atom is 0.0564 e. The van der Waals surface area contributed by atoms with E-state index in [1.807, 2.05) is 12.3 Å². The minimum absolute atomic E-state index is 0.328. The molecule has 1 fully saturated rings. The summed E-state index contributed by atoms with van der Waals surface area (Å²) in [6.07, 6.45) is 5.66. The molecule has 0 radical (unpaired) electrons. The fourth-order valence-corrected chi connectivity index (χ4v) is 2.60. The lowest BCUT2D eigenvalue weighted by atomic mass is 10.0. The summed E-state index contributed by atoms with van der Waals surface area (Å²) in [6.45, 7) is 10.0. The first-order valence-corrected chi connectivity index (χ1v) is 7.05. The maximum absolute atomic E-state index is 4.49. The Morgan fingerprint density at radius 3 is 2.94 bits per heavy atom. The molecule has 3 nitrogen and oxygen atoms in total. The predicted molar refractivity (Wildman–Crippen MR) is 76.7 cm³/mol. The minimum atomic E-state index is 0.328. The van der Waals surface area contributed by atoms with Crippen LogP contribution in [0.4, 0.5) is 5.69 Å². The van der Waals surface area contributed by atoms with E-state index in [1.54, 1.807) is 0 Å². The van der Waals surface area contributed by atoms with Gasteiger partial charge in [0.15, 0.2) is 0 Å². The van der Waals surface area contributed by atoms with E-state index in [9.17, 15) is 0 Å². The van der Waals surface area contributed by atoms with Gasteiger partial charge in [-0.25, -0.2) is 0 Å². The van der Waals surface area contributed by atoms with Crippen molar-refractivity contribution >= 4 is 5.69 Å². The highest BCUT2D eigenvalue weighted by atomic mass is 15.2. The number of anilines is 1. The number of hydrogen-bond donors (Lipinski definition) is 1. The first-order chi connectivity index (χ1) is 8.62. The smallest absolute Gasteiger partial charge is 0.0564 e. The molecule has 0 amide bonds. The van der Waals surface area contributed by atoms with Crippen molar-refractivity contribution in [2.75, 3.05) is 18.4 Å². The number of nitrogens with one attached hydrogen (secondary N) is 1. The largest absolute Gasteiger partial charge is 0.385 e. The molecule has 1 N–H and O–H groups in total. The molecule has 2 heterocycles. The van der Waals surface area contributed by atoms with Crippen molar-refractivity contribution in [3.63, 3.8) is 0 Å². The van der Waals surface area contributed by atoms with Gasteiger partial charge in [-0.2, -0.15) is 0 Å². The van der Waals surface area contributed by atoms with Crippen LogP contribution in [0.15, 0.2) is 18.3 Å². The van der Waals surface area contributed by atoms with Crippen LogP contribution in [-0.4, -0.2) is 28.5 Å². The number of rotatable bonds is 5. The molecular weight excluding hydrogens is 222 g/mol. The first kappa shape index (κ1) is 13.3. The average Bonchev–Trinajstić information content (AvgIpc) is 2.67. The van der Waals surface area contributed by atoms with Gasteiger partial charge in [0, 0.05) is 30.5 Å². The highest BCUT2D eigenvalue weighted by molar-refractivity contribution is 5.43. The molecule has 1 aliphatic heterocycles. The van der Waals surface area contributed by atoms with Crippen LogP contribution in [0, 0.1) is 0 Å². The molecule has 0 aliphatic carbocycles. The van der Waals surface area contributed by atoms with Crippen LogP contribution in [0.5, 0.6) is 0 Å². The Balaban J connectivity index is 2.00. The average molecular weight is 247 g/mol. The second-order valence-corrected chi connectivity index (χ2v) is 5.80. The van der Waals surface area contributed by atoms with Crippen molar-refractivity contribution in [1.29, 1.82) is 0 Å². The van der Waals surface area contributed by atoms with E-state index < -0.39 is 0 Å². The minimum Gasteiger partial charge on any atom is -0.385 e. The van der Waals surface area contributed by atoms with Gasteiger partial charge < -0.3 is 5.32 Å². The SMILES string of the molecule is CCCNc1ccnc(CN2CCCC2(C)C)c1. The molecule has 0 aromatic carbocycles. The summed E-state index contributed by atoms with van der Waals surface area (Å²) in [5.74, 6) is 0. The molecule has 0 saturated carbocycles. The highest BCUT2D eigenvalue weighted by Crippen LogP contribution is 2.29. The van der Waals surface area contributed by atoms with E-state index in [1.165, 1.54) is 30.8 Å². The lowest BCUT2D eigenvalue weighted by Gasteiger charge is -2.31. The molecule has 1 saturated heterocycles. The predicted octanol–water partition coefficient (Wildman–Crippen LogP) is 3.28. The van der Waals surface area contributed by atoms with Gasteiger partial charge in [-0.3, -0.25) is 9.88 Å². The number of pyridine rings is 1. The molecule has 3 heteroatoms. The third-order valence-electron chi connectivity index (χ3n) is 3.82. The van der Waals surface area contributed by atoms with E-state index in [-0.39, 0.29) is 0 Å². The zero-order chi connectivity index (χ0) is 13.0. The summed E-state index contributed by atoms with van der Waals surface area (Å²) in [7, 11) is 0. The summed E-state index contributed by atoms with van der Waals surface area (Å²) in [6, 6.07) is 4.23. The molecule has 2 rings (SSSR count). The van der Waals surface area contributed by atoms with Gasteiger partial charge in [-0.15, -0.1) is 0 Å². The summed E-state index contributed by atoms with van der Waals surface area (Å²) in [5.41, 5.74) is 2.69. The summed E-state index contributed by atoms with van der Waals surface area (Å²) in [4.78, 5) is 7.04. The standard InChI is InChI=1S/C15H25N3/c1-4-8-16-13-6-9-17-14(11-13)12-18-10-5-7-15(18,2)3/h6,9,11H,4-5,7-8,10,12H2,1-3H3,(H,16,17). The third-order valence-corrected chi connectivity index (χ3v) is 3.82. The van der Waals surface area contributed by atoms with Gasteiger partial charge in [0.25, 0.3) is 0 Å². The third kappa shape index (κ3) is 3.22. The first-order valence-electron chi connectivity index (χ1n) is 7.05. The molecule has 1 aliphatic rings. The van der Waals surface area contributed by atoms with Crippen LogP contribution in [0.3, 0.4) is 0 Å². The summed E-state index contributed by atoms with van der Waals surface area (Å²) < 4.78 is 0. The molecule has 0 unspecified atom stereocenters. The van der Waals surface area contributed by atoms with E-state index in [2.05, 4.69) is 42.0 Å². The number of hydrogen-bond acceptors (Lipinski definition) is 3. The quantitative estimate of drug-likeness (QED) is 0.865. The zero-order valence-corrected chi connectivity index (χ0v) is 11.9. The molecule has 100 valence electrons. The normalized spacial score (nSPS) is 19.1. The van der Waals surface area contributed by atoms with Gasteiger partial charge in [-0.1, -0.05) is 6.92 Å². The van der Waals surface area contributed by atoms with Crippen molar-refractivity contribution < 1.29 is 0 Å². The Kier molecular flexibility index (Phi) is 4.23. The number of likely N-dealkylation sites (tertiary alicyclic amines) is 1. The Bertz CT molecular complexity index is 387. The lowest BCUT2D eigenvalue weighted by Crippen LogP contribution is -2.37. The lowest BCUT2D eigenvalue weighted by molar-refractivity contribution is 0.164. The van der Waals surface area contributed by atoms with Gasteiger partial charge in [-0.05, 0) is 51.8 Å². The van der Waals surface area contributed by atoms with E-state index >= 15 is 0 Å². The second kappa shape index (κ2) is 5.70. The highest BCUT2D eigenvalue weighted by Gasteiger charge is 2.31. The van der Waals surface area contributed by atoms with Crippen LogP contribution < -0.4 is 5.32 Å². The Labute approximate surface area is 111 Å². The van der Waals surface area contributed by atoms with Crippen molar-refractivity contribution in [2.45, 2.75) is 52.1 Å². The Hall–Kier alpha value is -1.09. The van der Waals surface area contributed by atoms with Gasteiger partial charge in [0.1, 0.15) is 0 Å². The van der Waals surface area contributed by atoms with Crippen LogP contribution in [-0.2, 0) is 6.54 Å². The van der Waals surface area contributed by atoms with E-state index in [0.29, 0.717) is 5.54 Å². The monoisotopic (exact) mass is 247 g/mol. The fourth-order valence-electron chi connectivity index (χ4n) is 2.60. The molecule has 0 spiro atoms.